The van der Waals surface area contributed by atoms with E-state index in [2.05, 4.69) is 5.43 Å². The number of hydrazine groups is 1. The van der Waals surface area contributed by atoms with Crippen LogP contribution in [-0.4, -0.2) is 57.9 Å². The Morgan fingerprint density at radius 1 is 1.15 bits per heavy atom. The lowest BCUT2D eigenvalue weighted by atomic mass is 10.0. The van der Waals surface area contributed by atoms with E-state index in [4.69, 9.17) is 21.8 Å². The molecule has 80 valence electrons. The second-order valence-corrected chi connectivity index (χ2v) is 2.80. The maximum absolute atomic E-state index is 9.28. The van der Waals surface area contributed by atoms with Crippen LogP contribution in [-0.2, 0) is 0 Å². The van der Waals surface area contributed by atoms with Crippen molar-refractivity contribution < 1.29 is 20.4 Å². The van der Waals surface area contributed by atoms with Gasteiger partial charge in [-0.3, -0.25) is 11.3 Å². The number of nitrogens with two attached hydrogens (primary N) is 2. The van der Waals surface area contributed by atoms with E-state index in [1.807, 2.05) is 0 Å². The largest absolute Gasteiger partial charge is 0.394 e. The minimum atomic E-state index is -1.48. The quantitative estimate of drug-likeness (QED) is 0.168. The molecule has 0 saturated carbocycles. The molecule has 0 aromatic carbocycles. The van der Waals surface area contributed by atoms with E-state index in [1.165, 1.54) is 0 Å². The lowest BCUT2D eigenvalue weighted by Crippen LogP contribution is -2.53. The third-order valence-electron chi connectivity index (χ3n) is 1.72. The third-order valence-corrected chi connectivity index (χ3v) is 1.72. The summed E-state index contributed by atoms with van der Waals surface area (Å²) >= 11 is 0. The van der Waals surface area contributed by atoms with E-state index < -0.39 is 31.0 Å². The molecule has 0 aliphatic heterocycles. The monoisotopic (exact) mass is 195 g/mol. The Bertz CT molecular complexity index is 137. The molecule has 7 heteroatoms. The Balaban J connectivity index is 3.99. The molecule has 0 aromatic heterocycles. The van der Waals surface area contributed by atoms with Crippen molar-refractivity contribution >= 4 is 0 Å². The number of rotatable bonds is 6. The van der Waals surface area contributed by atoms with Crippen LogP contribution in [0.25, 0.3) is 0 Å². The molecule has 9 N–H and O–H groups in total. The fourth-order valence-corrected chi connectivity index (χ4v) is 0.846. The number of hydrogen-bond acceptors (Lipinski definition) is 7. The highest BCUT2D eigenvalue weighted by molar-refractivity contribution is 4.83. The molecular weight excluding hydrogens is 178 g/mol. The van der Waals surface area contributed by atoms with Gasteiger partial charge in [0.25, 0.3) is 0 Å². The summed E-state index contributed by atoms with van der Waals surface area (Å²) in [6, 6.07) is -0.804. The summed E-state index contributed by atoms with van der Waals surface area (Å²) in [5, 5.41) is 35.9. The molecule has 0 aliphatic carbocycles. The van der Waals surface area contributed by atoms with Gasteiger partial charge in [0.1, 0.15) is 12.2 Å². The van der Waals surface area contributed by atoms with Crippen LogP contribution < -0.4 is 17.0 Å². The molecule has 0 unspecified atom stereocenters. The van der Waals surface area contributed by atoms with E-state index in [-0.39, 0.29) is 6.54 Å². The number of aliphatic hydroxyl groups is 4. The Morgan fingerprint density at radius 2 is 1.69 bits per heavy atom. The van der Waals surface area contributed by atoms with Gasteiger partial charge in [-0.1, -0.05) is 0 Å². The lowest BCUT2D eigenvalue weighted by molar-refractivity contribution is -0.0829. The van der Waals surface area contributed by atoms with Crippen LogP contribution >= 0.6 is 0 Å². The minimum Gasteiger partial charge on any atom is -0.394 e. The maximum atomic E-state index is 9.28. The van der Waals surface area contributed by atoms with Crippen LogP contribution in [0.4, 0.5) is 0 Å². The Morgan fingerprint density at radius 3 is 2.08 bits per heavy atom. The van der Waals surface area contributed by atoms with Gasteiger partial charge in [-0.15, -0.1) is 0 Å². The van der Waals surface area contributed by atoms with Gasteiger partial charge in [0.15, 0.2) is 0 Å². The van der Waals surface area contributed by atoms with Crippen molar-refractivity contribution in [2.24, 2.45) is 11.6 Å². The van der Waals surface area contributed by atoms with Gasteiger partial charge in [-0.2, -0.15) is 0 Å². The first kappa shape index (κ1) is 12.7. The number of nitrogens with one attached hydrogen (secondary N) is 1. The molecule has 0 aliphatic rings. The molecule has 0 spiro atoms. The van der Waals surface area contributed by atoms with Crippen LogP contribution in [0.2, 0.25) is 0 Å². The highest BCUT2D eigenvalue weighted by atomic mass is 16.4. The summed E-state index contributed by atoms with van der Waals surface area (Å²) in [6.07, 6.45) is -4.22. The van der Waals surface area contributed by atoms with Gasteiger partial charge >= 0.3 is 0 Å². The summed E-state index contributed by atoms with van der Waals surface area (Å²) in [7, 11) is 0. The number of hydrogen-bond donors (Lipinski definition) is 7. The fraction of sp³-hybridized carbons (Fsp3) is 1.00. The van der Waals surface area contributed by atoms with Crippen LogP contribution in [0.15, 0.2) is 0 Å². The standard InChI is InChI=1S/C6H17N3O4/c7-3(1-9-8)5(12)6(13)4(11)2-10/h3-6,9-13H,1-2,7-8H2/t3-,4+,5+,6-/m0/s1. The second kappa shape index (κ2) is 6.22. The normalized spacial score (nSPS) is 20.8. The summed E-state index contributed by atoms with van der Waals surface area (Å²) in [4.78, 5) is 0. The summed E-state index contributed by atoms with van der Waals surface area (Å²) < 4.78 is 0. The molecule has 4 atom stereocenters. The SMILES string of the molecule is NNC[C@H](N)[C@@H](O)[C@@H](O)[C@H](O)CO. The van der Waals surface area contributed by atoms with E-state index in [0.29, 0.717) is 0 Å². The average Bonchev–Trinajstić information content (AvgIpc) is 2.14. The molecule has 0 amide bonds. The van der Waals surface area contributed by atoms with E-state index >= 15 is 0 Å². The first-order valence-electron chi connectivity index (χ1n) is 3.88. The Labute approximate surface area is 75.9 Å². The van der Waals surface area contributed by atoms with Crippen LogP contribution in [0.1, 0.15) is 0 Å². The molecule has 0 fully saturated rings. The van der Waals surface area contributed by atoms with Crippen molar-refractivity contribution in [1.82, 2.24) is 5.43 Å². The van der Waals surface area contributed by atoms with Crippen LogP contribution in [0.5, 0.6) is 0 Å². The molecule has 0 bridgehead atoms. The predicted octanol–water partition coefficient (Wildman–Crippen LogP) is -4.15. The van der Waals surface area contributed by atoms with Crippen LogP contribution in [0.3, 0.4) is 0 Å². The highest BCUT2D eigenvalue weighted by Crippen LogP contribution is 2.02. The topological polar surface area (TPSA) is 145 Å². The number of aliphatic hydroxyl groups excluding tert-OH is 4. The zero-order valence-corrected chi connectivity index (χ0v) is 7.17. The zero-order valence-electron chi connectivity index (χ0n) is 7.17. The van der Waals surface area contributed by atoms with Crippen molar-refractivity contribution in [2.75, 3.05) is 13.2 Å². The van der Waals surface area contributed by atoms with Crippen molar-refractivity contribution in [3.8, 4) is 0 Å². The van der Waals surface area contributed by atoms with Gasteiger partial charge in [-0.25, -0.2) is 0 Å². The molecule has 0 heterocycles. The molecule has 7 nitrogen and oxygen atoms in total. The molecule has 0 aromatic rings. The van der Waals surface area contributed by atoms with Gasteiger partial charge in [0.2, 0.25) is 0 Å². The maximum Gasteiger partial charge on any atom is 0.110 e. The highest BCUT2D eigenvalue weighted by Gasteiger charge is 2.28. The molecule has 13 heavy (non-hydrogen) atoms. The third kappa shape index (κ3) is 3.96. The summed E-state index contributed by atoms with van der Waals surface area (Å²) in [5.74, 6) is 4.94. The first-order chi connectivity index (χ1) is 6.04. The van der Waals surface area contributed by atoms with Gasteiger partial charge in [0.05, 0.1) is 12.7 Å². The lowest BCUT2D eigenvalue weighted by Gasteiger charge is -2.25. The van der Waals surface area contributed by atoms with Crippen molar-refractivity contribution in [2.45, 2.75) is 24.4 Å². The van der Waals surface area contributed by atoms with E-state index in [1.54, 1.807) is 0 Å². The molecule has 0 radical (unpaired) electrons. The summed E-state index contributed by atoms with van der Waals surface area (Å²) in [5.41, 5.74) is 7.60. The Kier molecular flexibility index (Phi) is 6.08. The van der Waals surface area contributed by atoms with Gasteiger partial charge in [0, 0.05) is 12.6 Å². The Hall–Kier alpha value is -0.280. The smallest absolute Gasteiger partial charge is 0.110 e. The summed E-state index contributed by atoms with van der Waals surface area (Å²) in [6.45, 7) is -0.544. The second-order valence-electron chi connectivity index (χ2n) is 2.80. The molecule has 0 saturated heterocycles. The average molecular weight is 195 g/mol. The van der Waals surface area contributed by atoms with E-state index in [9.17, 15) is 10.2 Å². The zero-order chi connectivity index (χ0) is 10.4. The van der Waals surface area contributed by atoms with Crippen LogP contribution in [0, 0.1) is 0 Å². The van der Waals surface area contributed by atoms with Crippen molar-refractivity contribution in [3.05, 3.63) is 0 Å². The van der Waals surface area contributed by atoms with Gasteiger partial charge < -0.3 is 26.2 Å². The van der Waals surface area contributed by atoms with E-state index in [0.717, 1.165) is 0 Å². The first-order valence-corrected chi connectivity index (χ1v) is 3.88. The molecule has 0 rings (SSSR count). The predicted molar refractivity (Wildman–Crippen MR) is 45.3 cm³/mol. The fourth-order valence-electron chi connectivity index (χ4n) is 0.846. The van der Waals surface area contributed by atoms with Gasteiger partial charge in [-0.05, 0) is 0 Å². The minimum absolute atomic E-state index is 0.0936. The molecular formula is C6H17N3O4. The van der Waals surface area contributed by atoms with Crippen molar-refractivity contribution in [1.29, 1.82) is 0 Å². The van der Waals surface area contributed by atoms with Crippen molar-refractivity contribution in [3.63, 3.8) is 0 Å².